The van der Waals surface area contributed by atoms with E-state index in [2.05, 4.69) is 16.0 Å². The molecule has 0 aromatic rings. The first kappa shape index (κ1) is 20.4. The van der Waals surface area contributed by atoms with Gasteiger partial charge in [-0.1, -0.05) is 32.1 Å². The van der Waals surface area contributed by atoms with Crippen molar-refractivity contribution in [1.29, 1.82) is 0 Å². The Morgan fingerprint density at radius 2 is 1.84 bits per heavy atom. The maximum atomic E-state index is 11.8. The first-order valence-corrected chi connectivity index (χ1v) is 10.9. The van der Waals surface area contributed by atoms with Gasteiger partial charge in [0.25, 0.3) is 0 Å². The SMILES string of the molecule is NCCCCCCCCNC(=O)CCCC[C@@H]1SC[C@@H]2NC(=O)N[C@@H]21. The summed E-state index contributed by atoms with van der Waals surface area (Å²) >= 11 is 1.94. The summed E-state index contributed by atoms with van der Waals surface area (Å²) in [5.41, 5.74) is 5.47. The molecule has 7 heteroatoms. The Morgan fingerprint density at radius 3 is 2.64 bits per heavy atom. The van der Waals surface area contributed by atoms with Crippen molar-refractivity contribution in [3.8, 4) is 0 Å². The molecule has 2 fully saturated rings. The molecule has 2 saturated heterocycles. The van der Waals surface area contributed by atoms with Gasteiger partial charge in [0.15, 0.2) is 0 Å². The van der Waals surface area contributed by atoms with Crippen molar-refractivity contribution in [2.24, 2.45) is 5.73 Å². The molecule has 6 nitrogen and oxygen atoms in total. The molecule has 2 aliphatic heterocycles. The summed E-state index contributed by atoms with van der Waals surface area (Å²) in [5, 5.41) is 9.49. The van der Waals surface area contributed by atoms with Gasteiger partial charge in [-0.15, -0.1) is 0 Å². The van der Waals surface area contributed by atoms with E-state index in [0.717, 1.165) is 50.9 Å². The molecule has 0 aromatic heterocycles. The largest absolute Gasteiger partial charge is 0.356 e. The maximum Gasteiger partial charge on any atom is 0.315 e. The van der Waals surface area contributed by atoms with Crippen LogP contribution in [0.25, 0.3) is 0 Å². The van der Waals surface area contributed by atoms with Gasteiger partial charge in [-0.3, -0.25) is 4.79 Å². The lowest BCUT2D eigenvalue weighted by atomic mass is 10.0. The van der Waals surface area contributed by atoms with Gasteiger partial charge in [0, 0.05) is 24.0 Å². The number of carbonyl (C=O) groups is 2. The van der Waals surface area contributed by atoms with Crippen LogP contribution in [0.15, 0.2) is 0 Å². The van der Waals surface area contributed by atoms with Crippen LogP contribution in [0.1, 0.15) is 64.2 Å². The second kappa shape index (κ2) is 11.6. The Labute approximate surface area is 155 Å². The van der Waals surface area contributed by atoms with Crippen LogP contribution in [0.2, 0.25) is 0 Å². The minimum Gasteiger partial charge on any atom is -0.356 e. The monoisotopic (exact) mass is 370 g/mol. The van der Waals surface area contributed by atoms with Crippen LogP contribution in [-0.2, 0) is 4.79 Å². The Morgan fingerprint density at radius 1 is 1.08 bits per heavy atom. The van der Waals surface area contributed by atoms with E-state index in [1.807, 2.05) is 11.8 Å². The van der Waals surface area contributed by atoms with Gasteiger partial charge in [0.05, 0.1) is 12.1 Å². The number of carbonyl (C=O) groups excluding carboxylic acids is 2. The zero-order valence-electron chi connectivity index (χ0n) is 15.2. The van der Waals surface area contributed by atoms with Crippen LogP contribution in [0.5, 0.6) is 0 Å². The Bertz CT molecular complexity index is 422. The van der Waals surface area contributed by atoms with Gasteiger partial charge >= 0.3 is 6.03 Å². The highest BCUT2D eigenvalue weighted by atomic mass is 32.2. The number of unbranched alkanes of at least 4 members (excludes halogenated alkanes) is 6. The van der Waals surface area contributed by atoms with Crippen molar-refractivity contribution in [3.05, 3.63) is 0 Å². The third-order valence-electron chi connectivity index (χ3n) is 5.03. The summed E-state index contributed by atoms with van der Waals surface area (Å²) in [4.78, 5) is 23.2. The molecule has 0 aliphatic carbocycles. The fourth-order valence-corrected chi connectivity index (χ4v) is 5.11. The van der Waals surface area contributed by atoms with E-state index >= 15 is 0 Å². The standard InChI is InChI=1S/C18H34N4O2S/c19-11-7-3-1-2-4-8-12-20-16(23)10-6-5-9-15-17-14(13-25-15)21-18(24)22-17/h14-15,17H,1-13,19H2,(H,20,23)(H2,21,22,24)/t14-,15-,17-/m0/s1. The van der Waals surface area contributed by atoms with Gasteiger partial charge in [0.2, 0.25) is 5.91 Å². The Hall–Kier alpha value is -0.950. The number of amides is 3. The molecule has 0 radical (unpaired) electrons. The number of urea groups is 1. The van der Waals surface area contributed by atoms with Gasteiger partial charge in [-0.25, -0.2) is 4.79 Å². The molecule has 5 N–H and O–H groups in total. The number of nitrogens with one attached hydrogen (secondary N) is 3. The van der Waals surface area contributed by atoms with Crippen LogP contribution in [0.4, 0.5) is 4.79 Å². The van der Waals surface area contributed by atoms with Crippen LogP contribution >= 0.6 is 11.8 Å². The van der Waals surface area contributed by atoms with Crippen LogP contribution in [-0.4, -0.2) is 48.1 Å². The van der Waals surface area contributed by atoms with E-state index in [4.69, 9.17) is 5.73 Å². The molecule has 0 aromatic carbocycles. The van der Waals surface area contributed by atoms with E-state index in [1.165, 1.54) is 25.7 Å². The molecule has 25 heavy (non-hydrogen) atoms. The molecule has 144 valence electrons. The number of rotatable bonds is 13. The van der Waals surface area contributed by atoms with Crippen molar-refractivity contribution in [3.63, 3.8) is 0 Å². The van der Waals surface area contributed by atoms with Gasteiger partial charge in [-0.2, -0.15) is 11.8 Å². The number of nitrogens with two attached hydrogens (primary N) is 1. The summed E-state index contributed by atoms with van der Waals surface area (Å²) in [6.45, 7) is 1.60. The molecular weight excluding hydrogens is 336 g/mol. The number of fused-ring (bicyclic) bond motifs is 1. The van der Waals surface area contributed by atoms with E-state index in [9.17, 15) is 9.59 Å². The number of thioether (sulfide) groups is 1. The van der Waals surface area contributed by atoms with Gasteiger partial charge < -0.3 is 21.7 Å². The summed E-state index contributed by atoms with van der Waals surface area (Å²) < 4.78 is 0. The lowest BCUT2D eigenvalue weighted by molar-refractivity contribution is -0.121. The second-order valence-electron chi connectivity index (χ2n) is 7.13. The van der Waals surface area contributed by atoms with E-state index in [0.29, 0.717) is 17.7 Å². The summed E-state index contributed by atoms with van der Waals surface area (Å²) in [5.74, 6) is 1.18. The molecule has 2 aliphatic rings. The quantitative estimate of drug-likeness (QED) is 0.295. The first-order valence-electron chi connectivity index (χ1n) is 9.86. The van der Waals surface area contributed by atoms with Crippen molar-refractivity contribution in [2.45, 2.75) is 81.5 Å². The zero-order chi connectivity index (χ0) is 17.9. The first-order chi connectivity index (χ1) is 12.2. The molecule has 0 unspecified atom stereocenters. The molecule has 0 bridgehead atoms. The van der Waals surface area contributed by atoms with Crippen LogP contribution < -0.4 is 21.7 Å². The molecule has 3 amide bonds. The van der Waals surface area contributed by atoms with E-state index in [1.54, 1.807) is 0 Å². The third-order valence-corrected chi connectivity index (χ3v) is 6.54. The zero-order valence-corrected chi connectivity index (χ0v) is 16.0. The van der Waals surface area contributed by atoms with Crippen LogP contribution in [0, 0.1) is 0 Å². The van der Waals surface area contributed by atoms with Gasteiger partial charge in [-0.05, 0) is 32.2 Å². The topological polar surface area (TPSA) is 96.2 Å². The number of hydrogen-bond donors (Lipinski definition) is 4. The average molecular weight is 371 g/mol. The van der Waals surface area contributed by atoms with E-state index in [-0.39, 0.29) is 18.0 Å². The van der Waals surface area contributed by atoms with Crippen molar-refractivity contribution in [2.75, 3.05) is 18.8 Å². The molecule has 0 saturated carbocycles. The number of hydrogen-bond acceptors (Lipinski definition) is 4. The lowest BCUT2D eigenvalue weighted by Crippen LogP contribution is -2.36. The lowest BCUT2D eigenvalue weighted by Gasteiger charge is -2.16. The highest BCUT2D eigenvalue weighted by molar-refractivity contribution is 8.00. The highest BCUT2D eigenvalue weighted by Gasteiger charge is 2.42. The Balaban J connectivity index is 1.41. The minimum atomic E-state index is -0.0287. The second-order valence-corrected chi connectivity index (χ2v) is 8.40. The molecular formula is C18H34N4O2S. The van der Waals surface area contributed by atoms with Crippen molar-refractivity contribution in [1.82, 2.24) is 16.0 Å². The fourth-order valence-electron chi connectivity index (χ4n) is 3.57. The fraction of sp³-hybridized carbons (Fsp3) is 0.889. The average Bonchev–Trinajstić information content (AvgIpc) is 3.13. The molecule has 3 atom stereocenters. The predicted octanol–water partition coefficient (Wildman–Crippen LogP) is 2.13. The third kappa shape index (κ3) is 7.44. The Kier molecular flexibility index (Phi) is 9.47. The summed E-state index contributed by atoms with van der Waals surface area (Å²) in [6, 6.07) is 0.538. The predicted molar refractivity (Wildman–Crippen MR) is 104 cm³/mol. The van der Waals surface area contributed by atoms with Crippen molar-refractivity contribution < 1.29 is 9.59 Å². The summed E-state index contributed by atoms with van der Waals surface area (Å²) in [7, 11) is 0. The highest BCUT2D eigenvalue weighted by Crippen LogP contribution is 2.33. The van der Waals surface area contributed by atoms with E-state index < -0.39 is 0 Å². The summed E-state index contributed by atoms with van der Waals surface area (Å²) in [6.07, 6.45) is 10.8. The normalized spacial score (nSPS) is 24.7. The smallest absolute Gasteiger partial charge is 0.315 e. The molecule has 2 rings (SSSR count). The maximum absolute atomic E-state index is 11.8. The van der Waals surface area contributed by atoms with Crippen LogP contribution in [0.3, 0.4) is 0 Å². The van der Waals surface area contributed by atoms with Gasteiger partial charge in [0.1, 0.15) is 0 Å². The molecule has 0 spiro atoms. The van der Waals surface area contributed by atoms with Crippen molar-refractivity contribution >= 4 is 23.7 Å². The minimum absolute atomic E-state index is 0.0287. The molecule has 2 heterocycles.